The van der Waals surface area contributed by atoms with Gasteiger partial charge in [0.15, 0.2) is 0 Å². The summed E-state index contributed by atoms with van der Waals surface area (Å²) in [6, 6.07) is 6.66. The number of aromatic nitrogens is 3. The Bertz CT molecular complexity index is 1600. The highest BCUT2D eigenvalue weighted by atomic mass is 19.1. The first-order valence-corrected chi connectivity index (χ1v) is 18.0. The van der Waals surface area contributed by atoms with Gasteiger partial charge in [-0.3, -0.25) is 4.79 Å². The second-order valence-corrected chi connectivity index (χ2v) is 14.8. The maximum atomic E-state index is 14.7. The molecule has 0 spiro atoms. The van der Waals surface area contributed by atoms with Crippen LogP contribution in [0.2, 0.25) is 0 Å². The smallest absolute Gasteiger partial charge is 0.254 e. The number of ether oxygens (including phenoxy) is 1. The summed E-state index contributed by atoms with van der Waals surface area (Å²) < 4.78 is 23.1. The molecule has 2 aliphatic carbocycles. The summed E-state index contributed by atoms with van der Waals surface area (Å²) in [5, 5.41) is 5.27. The number of nitrogens with zero attached hydrogens (tertiary/aromatic N) is 5. The van der Waals surface area contributed by atoms with Gasteiger partial charge in [0.05, 0.1) is 42.7 Å². The van der Waals surface area contributed by atoms with Gasteiger partial charge < -0.3 is 20.3 Å². The molecule has 1 saturated heterocycles. The van der Waals surface area contributed by atoms with E-state index in [1.54, 1.807) is 24.3 Å². The molecule has 47 heavy (non-hydrogen) atoms. The molecule has 0 radical (unpaired) electrons. The first kappa shape index (κ1) is 32.0. The molecule has 2 bridgehead atoms. The van der Waals surface area contributed by atoms with E-state index in [-0.39, 0.29) is 30.4 Å². The average molecular weight is 643 g/mol. The Morgan fingerprint density at radius 2 is 1.72 bits per heavy atom. The second kappa shape index (κ2) is 13.5. The van der Waals surface area contributed by atoms with E-state index in [0.717, 1.165) is 78.4 Å². The number of methoxy groups -OCH3 is 1. The normalized spacial score (nSPS) is 27.0. The molecular formula is C38H51FN6O2. The van der Waals surface area contributed by atoms with Gasteiger partial charge >= 0.3 is 0 Å². The Morgan fingerprint density at radius 3 is 2.55 bits per heavy atom. The summed E-state index contributed by atoms with van der Waals surface area (Å²) in [5.41, 5.74) is 11.1. The van der Waals surface area contributed by atoms with Gasteiger partial charge in [-0.25, -0.2) is 14.1 Å². The summed E-state index contributed by atoms with van der Waals surface area (Å²) >= 11 is 0. The lowest BCUT2D eigenvalue weighted by Gasteiger charge is -2.31. The van der Waals surface area contributed by atoms with Crippen molar-refractivity contribution in [3.63, 3.8) is 0 Å². The number of nitrogens with two attached hydrogens (primary N) is 1. The van der Waals surface area contributed by atoms with Gasteiger partial charge in [0.25, 0.3) is 5.91 Å². The SMILES string of the molecule is COc1c2c(nn1C1CCCCC(C3CCCC(C)CC3)CC1)CN(C)C(=O)c1ccc(F)cc1[C@H]1CCCN1c1cc-2cnc1N. The molecule has 7 rings (SSSR count). The third-order valence-corrected chi connectivity index (χ3v) is 11.8. The molecule has 1 aromatic carbocycles. The number of fused-ring (bicyclic) bond motifs is 8. The number of hydrogen-bond donors (Lipinski definition) is 1. The van der Waals surface area contributed by atoms with Gasteiger partial charge in [0, 0.05) is 30.9 Å². The molecule has 4 unspecified atom stereocenters. The number of benzene rings is 1. The second-order valence-electron chi connectivity index (χ2n) is 14.8. The molecule has 1 amide bonds. The number of hydrogen-bond acceptors (Lipinski definition) is 6. The number of amides is 1. The zero-order valence-corrected chi connectivity index (χ0v) is 28.4. The van der Waals surface area contributed by atoms with Gasteiger partial charge in [-0.05, 0) is 86.1 Å². The number of carbonyl (C=O) groups is 1. The average Bonchev–Trinajstić information content (AvgIpc) is 3.61. The van der Waals surface area contributed by atoms with Crippen LogP contribution in [0, 0.1) is 23.6 Å². The third-order valence-electron chi connectivity index (χ3n) is 11.8. The van der Waals surface area contributed by atoms with Gasteiger partial charge in [-0.2, -0.15) is 5.10 Å². The maximum Gasteiger partial charge on any atom is 0.254 e. The largest absolute Gasteiger partial charge is 0.481 e. The maximum absolute atomic E-state index is 14.7. The first-order valence-electron chi connectivity index (χ1n) is 18.0. The highest BCUT2D eigenvalue weighted by Crippen LogP contribution is 2.46. The van der Waals surface area contributed by atoms with E-state index in [4.69, 9.17) is 15.6 Å². The van der Waals surface area contributed by atoms with Crippen LogP contribution in [0.4, 0.5) is 15.9 Å². The number of nitrogen functional groups attached to an aromatic ring is 1. The van der Waals surface area contributed by atoms with Crippen molar-refractivity contribution in [3.8, 4) is 17.0 Å². The van der Waals surface area contributed by atoms with Crippen molar-refractivity contribution < 1.29 is 13.9 Å². The minimum atomic E-state index is -0.348. The molecule has 5 atom stereocenters. The third kappa shape index (κ3) is 6.22. The molecule has 252 valence electrons. The number of anilines is 2. The Morgan fingerprint density at radius 1 is 0.936 bits per heavy atom. The van der Waals surface area contributed by atoms with Crippen LogP contribution in [0.5, 0.6) is 5.88 Å². The minimum Gasteiger partial charge on any atom is -0.481 e. The van der Waals surface area contributed by atoms with Crippen molar-refractivity contribution in [1.82, 2.24) is 19.7 Å². The molecule has 4 aliphatic rings. The Balaban J connectivity index is 1.29. The zero-order valence-electron chi connectivity index (χ0n) is 28.4. The van der Waals surface area contributed by atoms with E-state index in [9.17, 15) is 9.18 Å². The van der Waals surface area contributed by atoms with E-state index in [1.165, 1.54) is 69.9 Å². The molecule has 3 fully saturated rings. The van der Waals surface area contributed by atoms with Crippen LogP contribution in [-0.4, -0.2) is 46.3 Å². The summed E-state index contributed by atoms with van der Waals surface area (Å²) in [6.07, 6.45) is 17.5. The van der Waals surface area contributed by atoms with Crippen molar-refractivity contribution in [2.75, 3.05) is 31.3 Å². The quantitative estimate of drug-likeness (QED) is 0.289. The first-order chi connectivity index (χ1) is 22.8. The minimum absolute atomic E-state index is 0.145. The number of rotatable bonds is 3. The Kier molecular flexibility index (Phi) is 9.16. The summed E-state index contributed by atoms with van der Waals surface area (Å²) in [7, 11) is 3.54. The molecule has 2 N–H and O–H groups in total. The van der Waals surface area contributed by atoms with E-state index in [0.29, 0.717) is 16.9 Å². The van der Waals surface area contributed by atoms with E-state index in [2.05, 4.69) is 27.6 Å². The molecular weight excluding hydrogens is 591 g/mol. The number of pyridine rings is 1. The van der Waals surface area contributed by atoms with Crippen molar-refractivity contribution in [1.29, 1.82) is 0 Å². The topological polar surface area (TPSA) is 89.5 Å². The lowest BCUT2D eigenvalue weighted by molar-refractivity contribution is 0.0781. The van der Waals surface area contributed by atoms with E-state index < -0.39 is 0 Å². The number of halogens is 1. The fourth-order valence-corrected chi connectivity index (χ4v) is 9.21. The van der Waals surface area contributed by atoms with Crippen molar-refractivity contribution in [2.45, 2.75) is 109 Å². The predicted molar refractivity (Wildman–Crippen MR) is 184 cm³/mol. The molecule has 8 nitrogen and oxygen atoms in total. The molecule has 4 heterocycles. The molecule has 3 aromatic rings. The standard InChI is InChI=1S/C38H51FN6O2/c1-24-8-6-10-26(14-13-24)25-9-4-5-11-29(17-15-25)45-38(47-3)35-27-20-34(36(40)41-22-27)44-19-7-12-33(44)31-21-28(39)16-18-30(31)37(46)43(2)23-32(35)42-45/h16,18,20-22,24-26,29,33H,4-15,17,19,23H2,1-3H3,(H2,40,41)/t24?,25?,26?,29?,33-/m1/s1. The summed E-state index contributed by atoms with van der Waals surface area (Å²) in [6.45, 7) is 3.46. The van der Waals surface area contributed by atoms with Gasteiger partial charge in [-0.1, -0.05) is 51.9 Å². The van der Waals surface area contributed by atoms with E-state index in [1.807, 2.05) is 7.05 Å². The monoisotopic (exact) mass is 642 g/mol. The Labute approximate surface area is 278 Å². The lowest BCUT2D eigenvalue weighted by Crippen LogP contribution is -2.31. The molecule has 2 saturated carbocycles. The lowest BCUT2D eigenvalue weighted by atomic mass is 9.77. The van der Waals surface area contributed by atoms with Crippen LogP contribution in [0.15, 0.2) is 30.5 Å². The highest BCUT2D eigenvalue weighted by Gasteiger charge is 2.35. The van der Waals surface area contributed by atoms with Crippen molar-refractivity contribution >= 4 is 17.4 Å². The summed E-state index contributed by atoms with van der Waals surface area (Å²) in [4.78, 5) is 22.7. The van der Waals surface area contributed by atoms with Crippen LogP contribution in [0.25, 0.3) is 11.1 Å². The van der Waals surface area contributed by atoms with Crippen LogP contribution < -0.4 is 15.4 Å². The molecule has 2 aliphatic heterocycles. The molecule has 9 heteroatoms. The van der Waals surface area contributed by atoms with E-state index >= 15 is 0 Å². The van der Waals surface area contributed by atoms with Gasteiger partial charge in [-0.15, -0.1) is 0 Å². The van der Waals surface area contributed by atoms with Gasteiger partial charge in [0.1, 0.15) is 11.6 Å². The Hall–Kier alpha value is -3.62. The van der Waals surface area contributed by atoms with Crippen molar-refractivity contribution in [2.24, 2.45) is 17.8 Å². The van der Waals surface area contributed by atoms with Crippen molar-refractivity contribution in [3.05, 3.63) is 53.1 Å². The predicted octanol–water partition coefficient (Wildman–Crippen LogP) is 8.33. The highest BCUT2D eigenvalue weighted by molar-refractivity contribution is 5.96. The molecule has 2 aromatic heterocycles. The fourth-order valence-electron chi connectivity index (χ4n) is 9.21. The summed E-state index contributed by atoms with van der Waals surface area (Å²) in [5.74, 6) is 3.12. The van der Waals surface area contributed by atoms with Crippen LogP contribution in [0.1, 0.15) is 124 Å². The fraction of sp³-hybridized carbons (Fsp3) is 0.605. The van der Waals surface area contributed by atoms with Gasteiger partial charge in [0.2, 0.25) is 5.88 Å². The number of carbonyl (C=O) groups excluding carboxylic acids is 1. The zero-order chi connectivity index (χ0) is 32.7. The van der Waals surface area contributed by atoms with Crippen LogP contribution >= 0.6 is 0 Å². The van der Waals surface area contributed by atoms with Crippen LogP contribution in [-0.2, 0) is 6.54 Å². The van der Waals surface area contributed by atoms with Crippen LogP contribution in [0.3, 0.4) is 0 Å².